The molecule has 28 heavy (non-hydrogen) atoms. The van der Waals surface area contributed by atoms with Crippen LogP contribution in [0.1, 0.15) is 15.9 Å². The molecular weight excluding hydrogens is 375 g/mol. The number of pyridine rings is 1. The predicted octanol–water partition coefficient (Wildman–Crippen LogP) is 6.26. The van der Waals surface area contributed by atoms with E-state index >= 15 is 0 Å². The summed E-state index contributed by atoms with van der Waals surface area (Å²) in [5.41, 5.74) is 3.92. The first-order chi connectivity index (χ1) is 13.5. The first-order valence-corrected chi connectivity index (χ1v) is 9.12. The molecule has 0 saturated heterocycles. The molecule has 0 bridgehead atoms. The lowest BCUT2D eigenvalue weighted by molar-refractivity contribution is 0.102. The highest BCUT2D eigenvalue weighted by molar-refractivity contribution is 6.30. The lowest BCUT2D eigenvalue weighted by Crippen LogP contribution is -2.14. The zero-order valence-electron chi connectivity index (χ0n) is 15.0. The molecule has 0 unspecified atom stereocenters. The number of rotatable bonds is 3. The summed E-state index contributed by atoms with van der Waals surface area (Å²) in [6.07, 6.45) is 0. The first kappa shape index (κ1) is 18.1. The van der Waals surface area contributed by atoms with E-state index in [-0.39, 0.29) is 5.91 Å². The molecule has 138 valence electrons. The van der Waals surface area contributed by atoms with Crippen LogP contribution in [0.15, 0.2) is 72.8 Å². The van der Waals surface area contributed by atoms with Gasteiger partial charge in [0.15, 0.2) is 0 Å². The number of benzene rings is 3. The van der Waals surface area contributed by atoms with Crippen LogP contribution in [0.25, 0.3) is 22.2 Å². The maximum Gasteiger partial charge on any atom is 0.256 e. The minimum Gasteiger partial charge on any atom is -0.322 e. The van der Waals surface area contributed by atoms with E-state index in [0.717, 1.165) is 16.5 Å². The number of aromatic nitrogens is 1. The second kappa shape index (κ2) is 7.41. The van der Waals surface area contributed by atoms with Gasteiger partial charge in [0, 0.05) is 21.7 Å². The molecule has 0 radical (unpaired) electrons. The highest BCUT2D eigenvalue weighted by Gasteiger charge is 2.15. The Morgan fingerprint density at radius 3 is 2.54 bits per heavy atom. The summed E-state index contributed by atoms with van der Waals surface area (Å²) in [5, 5.41) is 4.18. The fourth-order valence-corrected chi connectivity index (χ4v) is 3.18. The summed E-state index contributed by atoms with van der Waals surface area (Å²) in [6.45, 7) is 1.82. The van der Waals surface area contributed by atoms with Crippen molar-refractivity contribution in [1.29, 1.82) is 0 Å². The second-order valence-electron chi connectivity index (χ2n) is 6.49. The van der Waals surface area contributed by atoms with Crippen molar-refractivity contribution in [3.63, 3.8) is 0 Å². The molecule has 3 aromatic carbocycles. The zero-order valence-corrected chi connectivity index (χ0v) is 15.8. The van der Waals surface area contributed by atoms with E-state index in [2.05, 4.69) is 10.3 Å². The average molecular weight is 391 g/mol. The summed E-state index contributed by atoms with van der Waals surface area (Å²) < 4.78 is 13.6. The highest BCUT2D eigenvalue weighted by atomic mass is 35.5. The second-order valence-corrected chi connectivity index (χ2v) is 6.93. The third-order valence-corrected chi connectivity index (χ3v) is 4.80. The molecular formula is C23H16ClFN2O. The fourth-order valence-electron chi connectivity index (χ4n) is 3.05. The number of anilines is 1. The Labute approximate surface area is 166 Å². The van der Waals surface area contributed by atoms with Crippen LogP contribution in [-0.2, 0) is 0 Å². The van der Waals surface area contributed by atoms with Crippen molar-refractivity contribution >= 4 is 34.1 Å². The molecule has 4 aromatic rings. The maximum absolute atomic E-state index is 13.6. The lowest BCUT2D eigenvalue weighted by Gasteiger charge is -2.12. The predicted molar refractivity (Wildman–Crippen MR) is 111 cm³/mol. The minimum absolute atomic E-state index is 0.317. The van der Waals surface area contributed by atoms with Gasteiger partial charge in [-0.1, -0.05) is 48.0 Å². The van der Waals surface area contributed by atoms with Gasteiger partial charge in [-0.25, -0.2) is 9.37 Å². The summed E-state index contributed by atoms with van der Waals surface area (Å²) in [4.78, 5) is 17.7. The molecule has 0 aliphatic carbocycles. The number of para-hydroxylation sites is 1. The smallest absolute Gasteiger partial charge is 0.256 e. The Morgan fingerprint density at radius 2 is 1.75 bits per heavy atom. The van der Waals surface area contributed by atoms with Gasteiger partial charge in [0.2, 0.25) is 0 Å². The van der Waals surface area contributed by atoms with Crippen molar-refractivity contribution in [2.75, 3.05) is 5.32 Å². The largest absolute Gasteiger partial charge is 0.322 e. The Bertz CT molecular complexity index is 1190. The number of carbonyl (C=O) groups is 1. The van der Waals surface area contributed by atoms with Crippen LogP contribution in [0, 0.1) is 12.7 Å². The summed E-state index contributed by atoms with van der Waals surface area (Å²) in [7, 11) is 0. The Morgan fingerprint density at radius 1 is 1.00 bits per heavy atom. The zero-order chi connectivity index (χ0) is 19.7. The number of amides is 1. The standard InChI is InChI=1S/C23H16ClFN2O/c1-14-6-11-17(25)12-21(14)27-23(28)19-13-22(15-7-9-16(24)10-8-15)26-20-5-3-2-4-18(19)20/h2-13H,1H3,(H,27,28). The van der Waals surface area contributed by atoms with Gasteiger partial charge in [0.1, 0.15) is 5.82 Å². The highest BCUT2D eigenvalue weighted by Crippen LogP contribution is 2.27. The van der Waals surface area contributed by atoms with Crippen molar-refractivity contribution in [1.82, 2.24) is 4.98 Å². The number of carbonyl (C=O) groups excluding carboxylic acids is 1. The third-order valence-electron chi connectivity index (χ3n) is 4.55. The van der Waals surface area contributed by atoms with Crippen LogP contribution in [0.5, 0.6) is 0 Å². The van der Waals surface area contributed by atoms with Gasteiger partial charge in [-0.3, -0.25) is 4.79 Å². The molecule has 0 aliphatic rings. The number of aryl methyl sites for hydroxylation is 1. The van der Waals surface area contributed by atoms with Gasteiger partial charge in [0.25, 0.3) is 5.91 Å². The number of hydrogen-bond donors (Lipinski definition) is 1. The van der Waals surface area contributed by atoms with Crippen LogP contribution >= 0.6 is 11.6 Å². The monoisotopic (exact) mass is 390 g/mol. The van der Waals surface area contributed by atoms with Gasteiger partial charge in [-0.2, -0.15) is 0 Å². The Kier molecular flexibility index (Phi) is 4.80. The van der Waals surface area contributed by atoms with Gasteiger partial charge in [-0.15, -0.1) is 0 Å². The molecule has 1 aromatic heterocycles. The molecule has 1 N–H and O–H groups in total. The molecule has 1 amide bonds. The number of fused-ring (bicyclic) bond motifs is 1. The van der Waals surface area contributed by atoms with Crippen LogP contribution in [0.3, 0.4) is 0 Å². The first-order valence-electron chi connectivity index (χ1n) is 8.74. The molecule has 0 atom stereocenters. The minimum atomic E-state index is -0.401. The molecule has 0 aliphatic heterocycles. The molecule has 0 saturated carbocycles. The van der Waals surface area contributed by atoms with Crippen molar-refractivity contribution in [2.24, 2.45) is 0 Å². The van der Waals surface area contributed by atoms with E-state index < -0.39 is 5.82 Å². The van der Waals surface area contributed by atoms with E-state index in [9.17, 15) is 9.18 Å². The normalized spacial score (nSPS) is 10.8. The van der Waals surface area contributed by atoms with E-state index in [1.165, 1.54) is 12.1 Å². The molecule has 4 rings (SSSR count). The molecule has 5 heteroatoms. The number of halogens is 2. The van der Waals surface area contributed by atoms with Crippen molar-refractivity contribution in [3.05, 3.63) is 94.8 Å². The molecule has 1 heterocycles. The average Bonchev–Trinajstić information content (AvgIpc) is 2.70. The van der Waals surface area contributed by atoms with Crippen LogP contribution in [0.4, 0.5) is 10.1 Å². The van der Waals surface area contributed by atoms with Crippen LogP contribution in [0.2, 0.25) is 5.02 Å². The van der Waals surface area contributed by atoms with E-state index in [4.69, 9.17) is 11.6 Å². The molecule has 3 nitrogen and oxygen atoms in total. The summed E-state index contributed by atoms with van der Waals surface area (Å²) in [6, 6.07) is 20.8. The van der Waals surface area contributed by atoms with E-state index in [1.54, 1.807) is 24.3 Å². The third kappa shape index (κ3) is 3.59. The summed E-state index contributed by atoms with van der Waals surface area (Å²) >= 11 is 5.98. The van der Waals surface area contributed by atoms with Gasteiger partial charge >= 0.3 is 0 Å². The topological polar surface area (TPSA) is 42.0 Å². The van der Waals surface area contributed by atoms with Gasteiger partial charge in [-0.05, 0) is 48.9 Å². The molecule has 0 spiro atoms. The molecule has 0 fully saturated rings. The van der Waals surface area contributed by atoms with Crippen molar-refractivity contribution in [2.45, 2.75) is 6.92 Å². The Hall–Kier alpha value is -3.24. The summed E-state index contributed by atoms with van der Waals surface area (Å²) in [5.74, 6) is -0.718. The van der Waals surface area contributed by atoms with Crippen molar-refractivity contribution in [3.8, 4) is 11.3 Å². The van der Waals surface area contributed by atoms with Crippen LogP contribution in [-0.4, -0.2) is 10.9 Å². The van der Waals surface area contributed by atoms with Crippen LogP contribution < -0.4 is 5.32 Å². The fraction of sp³-hybridized carbons (Fsp3) is 0.0435. The van der Waals surface area contributed by atoms with Gasteiger partial charge in [0.05, 0.1) is 16.8 Å². The van der Waals surface area contributed by atoms with Gasteiger partial charge < -0.3 is 5.32 Å². The number of nitrogens with zero attached hydrogens (tertiary/aromatic N) is 1. The SMILES string of the molecule is Cc1ccc(F)cc1NC(=O)c1cc(-c2ccc(Cl)cc2)nc2ccccc12. The van der Waals surface area contributed by atoms with Crippen molar-refractivity contribution < 1.29 is 9.18 Å². The lowest BCUT2D eigenvalue weighted by atomic mass is 10.0. The van der Waals surface area contributed by atoms with E-state index in [1.807, 2.05) is 43.3 Å². The quantitative estimate of drug-likeness (QED) is 0.449. The Balaban J connectivity index is 1.81. The van der Waals surface area contributed by atoms with E-state index in [0.29, 0.717) is 27.5 Å². The maximum atomic E-state index is 13.6. The number of nitrogens with one attached hydrogen (secondary N) is 1. The number of hydrogen-bond acceptors (Lipinski definition) is 2.